The molecule has 1 aliphatic rings. The highest BCUT2D eigenvalue weighted by molar-refractivity contribution is 7.07. The van der Waals surface area contributed by atoms with Gasteiger partial charge in [-0.3, -0.25) is 0 Å². The molecule has 0 amide bonds. The van der Waals surface area contributed by atoms with Crippen LogP contribution in [0.15, 0.2) is 29.2 Å². The number of benzene rings is 1. The van der Waals surface area contributed by atoms with Gasteiger partial charge in [0.05, 0.1) is 34.3 Å². The van der Waals surface area contributed by atoms with Crippen LogP contribution in [0.2, 0.25) is 25.7 Å². The first-order chi connectivity index (χ1) is 16.3. The number of thiazole rings is 1. The number of hydrogen-bond donors (Lipinski definition) is 0. The molecular formula is C24H32BF2N3O3SSi. The van der Waals surface area contributed by atoms with E-state index in [1.54, 1.807) is 16.3 Å². The number of nitrogens with zero attached hydrogens (tertiary/aromatic N) is 3. The lowest BCUT2D eigenvalue weighted by molar-refractivity contribution is 0.00578. The molecular weight excluding hydrogens is 487 g/mol. The number of ether oxygens (including phenoxy) is 1. The Morgan fingerprint density at radius 3 is 2.34 bits per heavy atom. The molecule has 0 atom stereocenters. The van der Waals surface area contributed by atoms with E-state index in [0.717, 1.165) is 6.04 Å². The molecule has 1 fully saturated rings. The van der Waals surface area contributed by atoms with Crippen molar-refractivity contribution in [1.82, 2.24) is 14.8 Å². The van der Waals surface area contributed by atoms with E-state index < -0.39 is 38.0 Å². The molecule has 0 spiro atoms. The van der Waals surface area contributed by atoms with Crippen LogP contribution < -0.4 is 5.46 Å². The van der Waals surface area contributed by atoms with Crippen LogP contribution in [0.1, 0.15) is 27.7 Å². The Bertz CT molecular complexity index is 1180. The number of aromatic nitrogens is 3. The first-order valence-electron chi connectivity index (χ1n) is 11.7. The summed E-state index contributed by atoms with van der Waals surface area (Å²) in [5.41, 5.74) is 2.16. The smallest absolute Gasteiger partial charge is 0.399 e. The number of halogens is 2. The molecule has 6 nitrogen and oxygen atoms in total. The molecule has 3 aromatic rings. The summed E-state index contributed by atoms with van der Waals surface area (Å²) in [6.07, 6.45) is 1.53. The molecule has 1 saturated heterocycles. The number of hydrogen-bond acceptors (Lipinski definition) is 6. The quantitative estimate of drug-likeness (QED) is 0.288. The van der Waals surface area contributed by atoms with E-state index in [2.05, 4.69) is 29.7 Å². The van der Waals surface area contributed by atoms with Crippen molar-refractivity contribution < 1.29 is 22.8 Å². The van der Waals surface area contributed by atoms with E-state index in [9.17, 15) is 0 Å². The van der Waals surface area contributed by atoms with E-state index in [0.29, 0.717) is 23.6 Å². The topological polar surface area (TPSA) is 58.4 Å². The summed E-state index contributed by atoms with van der Waals surface area (Å²) < 4.78 is 50.2. The standard InChI is InChI=1S/C24H32BF2N3O3SSi/c1-23(2)24(3,4)33-25(32-23)18-9-8-16(20(26)21(18)27)17-12-29-30(15-31-10-11-35(5,6)7)22(17)19-13-34-14-28-19/h8-9,12-14H,10-11,15H2,1-7H3. The highest BCUT2D eigenvalue weighted by Gasteiger charge is 2.52. The molecule has 0 N–H and O–H groups in total. The molecule has 0 aliphatic carbocycles. The van der Waals surface area contributed by atoms with Crippen molar-refractivity contribution in [2.45, 2.75) is 71.3 Å². The van der Waals surface area contributed by atoms with Crippen LogP contribution in [-0.4, -0.2) is 47.8 Å². The van der Waals surface area contributed by atoms with Gasteiger partial charge in [0.1, 0.15) is 6.73 Å². The van der Waals surface area contributed by atoms with Crippen molar-refractivity contribution in [3.8, 4) is 22.5 Å². The minimum atomic E-state index is -1.24. The van der Waals surface area contributed by atoms with Gasteiger partial charge in [-0.25, -0.2) is 18.4 Å². The van der Waals surface area contributed by atoms with Gasteiger partial charge in [0.2, 0.25) is 0 Å². The third-order valence-electron chi connectivity index (χ3n) is 6.63. The molecule has 35 heavy (non-hydrogen) atoms. The van der Waals surface area contributed by atoms with Crippen LogP contribution >= 0.6 is 11.3 Å². The summed E-state index contributed by atoms with van der Waals surface area (Å²) in [6.45, 7) is 15.2. The molecule has 0 bridgehead atoms. The van der Waals surface area contributed by atoms with Gasteiger partial charge in [-0.05, 0) is 33.7 Å². The zero-order chi connectivity index (χ0) is 25.6. The minimum absolute atomic E-state index is 0.0298. The molecule has 1 aliphatic heterocycles. The van der Waals surface area contributed by atoms with Gasteiger partial charge in [0.15, 0.2) is 11.6 Å². The van der Waals surface area contributed by atoms with E-state index in [4.69, 9.17) is 14.0 Å². The van der Waals surface area contributed by atoms with Crippen molar-refractivity contribution in [2.75, 3.05) is 6.61 Å². The van der Waals surface area contributed by atoms with Crippen molar-refractivity contribution in [2.24, 2.45) is 0 Å². The summed E-state index contributed by atoms with van der Waals surface area (Å²) >= 11 is 1.42. The Labute approximate surface area is 210 Å². The van der Waals surface area contributed by atoms with Gasteiger partial charge >= 0.3 is 7.12 Å². The second-order valence-corrected chi connectivity index (χ2v) is 17.4. The second-order valence-electron chi connectivity index (χ2n) is 11.0. The fourth-order valence-corrected chi connectivity index (χ4v) is 5.03. The SMILES string of the molecule is CC1(C)OB(c2ccc(-c3cnn(COCC[Si](C)(C)C)c3-c3cscn3)c(F)c2F)OC1(C)C. The predicted molar refractivity (Wildman–Crippen MR) is 139 cm³/mol. The highest BCUT2D eigenvalue weighted by atomic mass is 32.1. The Balaban J connectivity index is 1.66. The lowest BCUT2D eigenvalue weighted by atomic mass is 9.77. The summed E-state index contributed by atoms with van der Waals surface area (Å²) in [4.78, 5) is 4.39. The molecule has 188 valence electrons. The van der Waals surface area contributed by atoms with Gasteiger partial charge in [0, 0.05) is 36.7 Å². The Hall–Kier alpha value is -1.92. The molecule has 2 aromatic heterocycles. The zero-order valence-corrected chi connectivity index (χ0v) is 23.1. The minimum Gasteiger partial charge on any atom is -0.399 e. The third-order valence-corrected chi connectivity index (χ3v) is 8.92. The first kappa shape index (κ1) is 26.2. The fraction of sp³-hybridized carbons (Fsp3) is 0.500. The van der Waals surface area contributed by atoms with Gasteiger partial charge in [0.25, 0.3) is 0 Å². The maximum Gasteiger partial charge on any atom is 0.497 e. The van der Waals surface area contributed by atoms with Gasteiger partial charge < -0.3 is 14.0 Å². The van der Waals surface area contributed by atoms with Crippen LogP contribution in [0, 0.1) is 11.6 Å². The molecule has 11 heteroatoms. The average Bonchev–Trinajstić information content (AvgIpc) is 3.45. The third kappa shape index (κ3) is 5.29. The Kier molecular flexibility index (Phi) is 7.11. The molecule has 0 saturated carbocycles. The maximum absolute atomic E-state index is 15.5. The summed E-state index contributed by atoms with van der Waals surface area (Å²) in [5, 5.41) is 6.27. The van der Waals surface area contributed by atoms with E-state index in [-0.39, 0.29) is 17.8 Å². The fourth-order valence-electron chi connectivity index (χ4n) is 3.73. The largest absolute Gasteiger partial charge is 0.497 e. The van der Waals surface area contributed by atoms with Gasteiger partial charge in [-0.15, -0.1) is 11.3 Å². The number of rotatable bonds is 8. The average molecular weight is 519 g/mol. The van der Waals surface area contributed by atoms with Crippen LogP contribution in [0.4, 0.5) is 8.78 Å². The van der Waals surface area contributed by atoms with Crippen molar-refractivity contribution in [3.63, 3.8) is 0 Å². The van der Waals surface area contributed by atoms with E-state index in [1.165, 1.54) is 23.6 Å². The van der Waals surface area contributed by atoms with Crippen LogP contribution in [0.3, 0.4) is 0 Å². The second kappa shape index (κ2) is 9.51. The Morgan fingerprint density at radius 1 is 1.06 bits per heavy atom. The van der Waals surface area contributed by atoms with Crippen LogP contribution in [0.5, 0.6) is 0 Å². The van der Waals surface area contributed by atoms with Crippen molar-refractivity contribution >= 4 is 32.0 Å². The highest BCUT2D eigenvalue weighted by Crippen LogP contribution is 2.38. The molecule has 3 heterocycles. The lowest BCUT2D eigenvalue weighted by Gasteiger charge is -2.32. The van der Waals surface area contributed by atoms with Gasteiger partial charge in [-0.1, -0.05) is 31.8 Å². The molecule has 1 aromatic carbocycles. The van der Waals surface area contributed by atoms with E-state index in [1.807, 2.05) is 33.1 Å². The Morgan fingerprint density at radius 2 is 1.74 bits per heavy atom. The maximum atomic E-state index is 15.5. The van der Waals surface area contributed by atoms with Gasteiger partial charge in [-0.2, -0.15) is 5.10 Å². The molecule has 0 unspecified atom stereocenters. The van der Waals surface area contributed by atoms with Crippen LogP contribution in [0.25, 0.3) is 22.5 Å². The van der Waals surface area contributed by atoms with E-state index >= 15 is 8.78 Å². The summed E-state index contributed by atoms with van der Waals surface area (Å²) in [5.74, 6) is -1.97. The first-order valence-corrected chi connectivity index (χ1v) is 16.3. The van der Waals surface area contributed by atoms with Crippen molar-refractivity contribution in [3.05, 3.63) is 40.9 Å². The molecule has 0 radical (unpaired) electrons. The van der Waals surface area contributed by atoms with Crippen molar-refractivity contribution in [1.29, 1.82) is 0 Å². The summed E-state index contributed by atoms with van der Waals surface area (Å²) in [7, 11) is -2.23. The van der Waals surface area contributed by atoms with Crippen LogP contribution in [-0.2, 0) is 20.8 Å². The normalized spacial score (nSPS) is 17.3. The summed E-state index contributed by atoms with van der Waals surface area (Å²) in [6, 6.07) is 4.08. The zero-order valence-electron chi connectivity index (χ0n) is 21.3. The lowest BCUT2D eigenvalue weighted by Crippen LogP contribution is -2.41. The monoisotopic (exact) mass is 519 g/mol. The predicted octanol–water partition coefficient (Wildman–Crippen LogP) is 5.56. The molecule has 4 rings (SSSR count).